The summed E-state index contributed by atoms with van der Waals surface area (Å²) in [5, 5.41) is 4.09. The highest BCUT2D eigenvalue weighted by molar-refractivity contribution is 7.85. The van der Waals surface area contributed by atoms with Crippen LogP contribution in [0, 0.1) is 6.92 Å². The smallest absolute Gasteiger partial charge is 0.294 e. The van der Waals surface area contributed by atoms with Crippen LogP contribution in [0.3, 0.4) is 0 Å². The van der Waals surface area contributed by atoms with Gasteiger partial charge in [-0.1, -0.05) is 47.6 Å². The first-order valence-corrected chi connectivity index (χ1v) is 8.00. The summed E-state index contributed by atoms with van der Waals surface area (Å²) in [6.45, 7) is 1.80. The molecule has 0 spiro atoms. The molecular weight excluding hydrogens is 302 g/mol. The summed E-state index contributed by atoms with van der Waals surface area (Å²) >= 11 is 0. The fourth-order valence-corrected chi connectivity index (χ4v) is 2.78. The van der Waals surface area contributed by atoms with Gasteiger partial charge in [0.1, 0.15) is 11.5 Å². The monoisotopic (exact) mass is 315 g/mol. The van der Waals surface area contributed by atoms with Gasteiger partial charge in [0.2, 0.25) is 0 Å². The summed E-state index contributed by atoms with van der Waals surface area (Å²) in [6.07, 6.45) is 0. The van der Waals surface area contributed by atoms with Gasteiger partial charge in [-0.3, -0.25) is 4.55 Å². The van der Waals surface area contributed by atoms with Crippen LogP contribution in [0.15, 0.2) is 64.0 Å². The summed E-state index contributed by atoms with van der Waals surface area (Å²) in [7, 11) is -4.20. The SMILES string of the molecule is Cc1onc(-c2ccccc2)c1-c1ccc(S(=O)(=O)O)cc1. The van der Waals surface area contributed by atoms with Crippen LogP contribution in [-0.2, 0) is 10.1 Å². The first-order chi connectivity index (χ1) is 10.5. The highest BCUT2D eigenvalue weighted by Gasteiger charge is 2.17. The van der Waals surface area contributed by atoms with Crippen molar-refractivity contribution in [3.05, 3.63) is 60.4 Å². The molecule has 2 aromatic carbocycles. The quantitative estimate of drug-likeness (QED) is 0.747. The van der Waals surface area contributed by atoms with Crippen molar-refractivity contribution >= 4 is 10.1 Å². The lowest BCUT2D eigenvalue weighted by atomic mass is 10.00. The van der Waals surface area contributed by atoms with Crippen molar-refractivity contribution in [1.29, 1.82) is 0 Å². The summed E-state index contributed by atoms with van der Waals surface area (Å²) in [5.74, 6) is 0.637. The lowest BCUT2D eigenvalue weighted by Crippen LogP contribution is -1.97. The summed E-state index contributed by atoms with van der Waals surface area (Å²) in [6, 6.07) is 15.5. The van der Waals surface area contributed by atoms with E-state index in [9.17, 15) is 8.42 Å². The minimum Gasteiger partial charge on any atom is -0.360 e. The molecule has 0 fully saturated rings. The van der Waals surface area contributed by atoms with Gasteiger partial charge in [0, 0.05) is 5.56 Å². The number of aryl methyl sites for hydroxylation is 1. The van der Waals surface area contributed by atoms with Crippen LogP contribution in [0.4, 0.5) is 0 Å². The molecule has 3 aromatic rings. The van der Waals surface area contributed by atoms with Crippen molar-refractivity contribution in [2.24, 2.45) is 0 Å². The maximum Gasteiger partial charge on any atom is 0.294 e. The maximum absolute atomic E-state index is 11.1. The van der Waals surface area contributed by atoms with Crippen LogP contribution >= 0.6 is 0 Å². The van der Waals surface area contributed by atoms with Gasteiger partial charge in [0.15, 0.2) is 0 Å². The van der Waals surface area contributed by atoms with Gasteiger partial charge in [0.25, 0.3) is 10.1 Å². The molecule has 0 amide bonds. The summed E-state index contributed by atoms with van der Waals surface area (Å²) < 4.78 is 36.5. The molecule has 112 valence electrons. The third-order valence-corrected chi connectivity index (χ3v) is 4.22. The Morgan fingerprint density at radius 1 is 0.955 bits per heavy atom. The Kier molecular flexibility index (Phi) is 3.56. The van der Waals surface area contributed by atoms with E-state index < -0.39 is 10.1 Å². The molecule has 1 aromatic heterocycles. The molecule has 0 aliphatic heterocycles. The predicted octanol–water partition coefficient (Wildman–Crippen LogP) is 3.56. The second-order valence-corrected chi connectivity index (χ2v) is 6.25. The molecule has 6 heteroatoms. The van der Waals surface area contributed by atoms with E-state index in [1.165, 1.54) is 12.1 Å². The van der Waals surface area contributed by atoms with E-state index in [0.717, 1.165) is 16.7 Å². The first-order valence-electron chi connectivity index (χ1n) is 6.56. The van der Waals surface area contributed by atoms with E-state index in [2.05, 4.69) is 5.16 Å². The summed E-state index contributed by atoms with van der Waals surface area (Å²) in [4.78, 5) is -0.147. The average Bonchev–Trinajstić information content (AvgIpc) is 2.89. The van der Waals surface area contributed by atoms with Crippen LogP contribution in [0.5, 0.6) is 0 Å². The highest BCUT2D eigenvalue weighted by Crippen LogP contribution is 2.34. The number of rotatable bonds is 3. The van der Waals surface area contributed by atoms with Crippen LogP contribution in [-0.4, -0.2) is 18.1 Å². The van der Waals surface area contributed by atoms with Crippen molar-refractivity contribution in [3.63, 3.8) is 0 Å². The highest BCUT2D eigenvalue weighted by atomic mass is 32.2. The first kappa shape index (κ1) is 14.5. The number of benzene rings is 2. The maximum atomic E-state index is 11.1. The van der Waals surface area contributed by atoms with E-state index >= 15 is 0 Å². The van der Waals surface area contributed by atoms with Crippen molar-refractivity contribution < 1.29 is 17.5 Å². The molecule has 22 heavy (non-hydrogen) atoms. The molecule has 0 saturated carbocycles. The van der Waals surface area contributed by atoms with Crippen LogP contribution in [0.2, 0.25) is 0 Å². The molecular formula is C16H13NO4S. The Bertz CT molecular complexity index is 897. The number of nitrogens with zero attached hydrogens (tertiary/aromatic N) is 1. The minimum absolute atomic E-state index is 0.147. The molecule has 1 N–H and O–H groups in total. The number of aromatic nitrogens is 1. The van der Waals surface area contributed by atoms with Crippen molar-refractivity contribution in [2.45, 2.75) is 11.8 Å². The average molecular weight is 315 g/mol. The topological polar surface area (TPSA) is 80.4 Å². The molecule has 0 aliphatic carbocycles. The van der Waals surface area contributed by atoms with E-state index in [1.54, 1.807) is 19.1 Å². The predicted molar refractivity (Wildman–Crippen MR) is 81.9 cm³/mol. The van der Waals surface area contributed by atoms with Gasteiger partial charge in [-0.2, -0.15) is 8.42 Å². The largest absolute Gasteiger partial charge is 0.360 e. The number of hydrogen-bond acceptors (Lipinski definition) is 4. The molecule has 0 saturated heterocycles. The Morgan fingerprint density at radius 2 is 1.59 bits per heavy atom. The molecule has 5 nitrogen and oxygen atoms in total. The van der Waals surface area contributed by atoms with Gasteiger partial charge in [-0.25, -0.2) is 0 Å². The van der Waals surface area contributed by atoms with E-state index in [4.69, 9.17) is 9.08 Å². The second kappa shape index (κ2) is 5.40. The zero-order chi connectivity index (χ0) is 15.7. The normalized spacial score (nSPS) is 11.5. The molecule has 3 rings (SSSR count). The Morgan fingerprint density at radius 3 is 2.18 bits per heavy atom. The Labute approximate surface area is 128 Å². The van der Waals surface area contributed by atoms with Crippen molar-refractivity contribution in [1.82, 2.24) is 5.16 Å². The standard InChI is InChI=1S/C16H13NO4S/c1-11-15(12-7-9-14(10-8-12)22(18,19)20)16(17-21-11)13-5-3-2-4-6-13/h2-10H,1H3,(H,18,19,20). The zero-order valence-electron chi connectivity index (χ0n) is 11.7. The van der Waals surface area contributed by atoms with Gasteiger partial charge >= 0.3 is 0 Å². The van der Waals surface area contributed by atoms with Crippen LogP contribution < -0.4 is 0 Å². The van der Waals surface area contributed by atoms with Gasteiger partial charge in [-0.05, 0) is 24.6 Å². The van der Waals surface area contributed by atoms with Crippen LogP contribution in [0.25, 0.3) is 22.4 Å². The van der Waals surface area contributed by atoms with E-state index in [-0.39, 0.29) is 4.90 Å². The lowest BCUT2D eigenvalue weighted by molar-refractivity contribution is 0.400. The van der Waals surface area contributed by atoms with Crippen LogP contribution in [0.1, 0.15) is 5.76 Å². The molecule has 0 atom stereocenters. The Balaban J connectivity index is 2.12. The second-order valence-electron chi connectivity index (χ2n) is 4.83. The molecule has 1 heterocycles. The van der Waals surface area contributed by atoms with Gasteiger partial charge in [-0.15, -0.1) is 0 Å². The fraction of sp³-hybridized carbons (Fsp3) is 0.0625. The van der Waals surface area contributed by atoms with Gasteiger partial charge < -0.3 is 4.52 Å². The van der Waals surface area contributed by atoms with Crippen molar-refractivity contribution in [2.75, 3.05) is 0 Å². The van der Waals surface area contributed by atoms with Crippen molar-refractivity contribution in [3.8, 4) is 22.4 Å². The molecule has 0 aliphatic rings. The number of hydrogen-bond donors (Lipinski definition) is 1. The van der Waals surface area contributed by atoms with E-state index in [1.807, 2.05) is 30.3 Å². The fourth-order valence-electron chi connectivity index (χ4n) is 2.30. The minimum atomic E-state index is -4.20. The third kappa shape index (κ3) is 2.66. The lowest BCUT2D eigenvalue weighted by Gasteiger charge is -2.04. The van der Waals surface area contributed by atoms with E-state index in [0.29, 0.717) is 11.5 Å². The zero-order valence-corrected chi connectivity index (χ0v) is 12.5. The molecule has 0 bridgehead atoms. The molecule has 0 unspecified atom stereocenters. The third-order valence-electron chi connectivity index (χ3n) is 3.35. The van der Waals surface area contributed by atoms with Gasteiger partial charge in [0.05, 0.1) is 10.5 Å². The summed E-state index contributed by atoms with van der Waals surface area (Å²) in [5.41, 5.74) is 3.17. The Hall–Kier alpha value is -2.44. The molecule has 0 radical (unpaired) electrons.